The van der Waals surface area contributed by atoms with Gasteiger partial charge < -0.3 is 19.8 Å². The lowest BCUT2D eigenvalue weighted by Crippen LogP contribution is -2.46. The van der Waals surface area contributed by atoms with Crippen molar-refractivity contribution in [3.63, 3.8) is 0 Å². The highest BCUT2D eigenvalue weighted by atomic mass is 31.2. The number of likely N-dealkylation sites (N-methyl/N-ethyl adjacent to an activating group) is 1. The Morgan fingerprint density at radius 1 is 0.875 bits per heavy atom. The molecule has 0 bridgehead atoms. The van der Waals surface area contributed by atoms with Crippen LogP contribution in [0.5, 0.6) is 0 Å². The summed E-state index contributed by atoms with van der Waals surface area (Å²) in [4.78, 5) is 22.7. The Balaban J connectivity index is 4.53. The molecular formula is C31H60N2O6P+. The molecule has 0 rings (SSSR count). The highest BCUT2D eigenvalue weighted by Crippen LogP contribution is 2.43. The summed E-state index contributed by atoms with van der Waals surface area (Å²) in [5.41, 5.74) is 0. The van der Waals surface area contributed by atoms with E-state index in [0.29, 0.717) is 23.9 Å². The first-order valence-electron chi connectivity index (χ1n) is 15.4. The first-order chi connectivity index (χ1) is 19.0. The number of nitrogens with one attached hydrogen (secondary N) is 1. The molecule has 234 valence electrons. The fourth-order valence-corrected chi connectivity index (χ4v) is 4.61. The molecular weight excluding hydrogens is 527 g/mol. The van der Waals surface area contributed by atoms with Gasteiger partial charge in [0.25, 0.3) is 0 Å². The minimum Gasteiger partial charge on any atom is -0.391 e. The van der Waals surface area contributed by atoms with Crippen LogP contribution in [0.1, 0.15) is 104 Å². The summed E-state index contributed by atoms with van der Waals surface area (Å²) in [6, 6.07) is -0.769. The average molecular weight is 588 g/mol. The second-order valence-electron chi connectivity index (χ2n) is 11.4. The van der Waals surface area contributed by atoms with E-state index in [1.54, 1.807) is 0 Å². The zero-order chi connectivity index (χ0) is 30.1. The molecule has 0 saturated carbocycles. The van der Waals surface area contributed by atoms with Crippen molar-refractivity contribution in [3.8, 4) is 0 Å². The summed E-state index contributed by atoms with van der Waals surface area (Å²) < 4.78 is 23.2. The number of aliphatic hydroxyl groups excluding tert-OH is 1. The van der Waals surface area contributed by atoms with E-state index in [-0.39, 0.29) is 19.1 Å². The lowest BCUT2D eigenvalue weighted by molar-refractivity contribution is -0.870. The fraction of sp³-hybridized carbons (Fsp3) is 0.774. The molecule has 3 N–H and O–H groups in total. The van der Waals surface area contributed by atoms with Gasteiger partial charge in [-0.15, -0.1) is 0 Å². The molecule has 0 radical (unpaired) electrons. The number of hydrogen-bond donors (Lipinski definition) is 3. The van der Waals surface area contributed by atoms with E-state index in [9.17, 15) is 19.4 Å². The fourth-order valence-electron chi connectivity index (χ4n) is 3.88. The van der Waals surface area contributed by atoms with Gasteiger partial charge in [0.1, 0.15) is 13.2 Å². The molecule has 0 aromatic rings. The summed E-state index contributed by atoms with van der Waals surface area (Å²) in [5.74, 6) is -0.185. The second kappa shape index (κ2) is 24.3. The van der Waals surface area contributed by atoms with Crippen molar-refractivity contribution in [3.05, 3.63) is 36.5 Å². The summed E-state index contributed by atoms with van der Waals surface area (Å²) in [6.07, 6.45) is 24.9. The van der Waals surface area contributed by atoms with Crippen LogP contribution in [-0.4, -0.2) is 73.4 Å². The normalized spacial score (nSPS) is 15.7. The monoisotopic (exact) mass is 587 g/mol. The summed E-state index contributed by atoms with van der Waals surface area (Å²) in [5, 5.41) is 13.6. The molecule has 3 atom stereocenters. The smallest absolute Gasteiger partial charge is 0.391 e. The zero-order valence-electron chi connectivity index (χ0n) is 26.1. The zero-order valence-corrected chi connectivity index (χ0v) is 27.0. The number of phosphoric acid groups is 1. The third-order valence-corrected chi connectivity index (χ3v) is 7.39. The molecule has 0 heterocycles. The Hall–Kier alpha value is -1.28. The molecule has 0 aliphatic rings. The van der Waals surface area contributed by atoms with E-state index < -0.39 is 20.0 Å². The number of hydrogen-bond acceptors (Lipinski definition) is 5. The van der Waals surface area contributed by atoms with E-state index >= 15 is 0 Å². The Labute approximate surface area is 245 Å². The second-order valence-corrected chi connectivity index (χ2v) is 12.9. The van der Waals surface area contributed by atoms with Gasteiger partial charge in [0.2, 0.25) is 5.91 Å². The highest BCUT2D eigenvalue weighted by Gasteiger charge is 2.28. The topological polar surface area (TPSA) is 105 Å². The van der Waals surface area contributed by atoms with Crippen molar-refractivity contribution in [2.24, 2.45) is 0 Å². The van der Waals surface area contributed by atoms with Crippen LogP contribution in [0.15, 0.2) is 36.5 Å². The molecule has 8 nitrogen and oxygen atoms in total. The summed E-state index contributed by atoms with van der Waals surface area (Å²) >= 11 is 0. The number of phosphoric ester groups is 1. The molecule has 0 fully saturated rings. The number of carbonyl (C=O) groups excluding carboxylic acids is 1. The minimum absolute atomic E-state index is 0.0663. The van der Waals surface area contributed by atoms with Gasteiger partial charge in [0, 0.05) is 6.42 Å². The van der Waals surface area contributed by atoms with Gasteiger partial charge in [0.05, 0.1) is 39.9 Å². The number of nitrogens with zero attached hydrogens (tertiary/aromatic N) is 1. The van der Waals surface area contributed by atoms with Crippen molar-refractivity contribution in [2.45, 2.75) is 116 Å². The third-order valence-electron chi connectivity index (χ3n) is 6.40. The van der Waals surface area contributed by atoms with E-state index in [4.69, 9.17) is 9.05 Å². The first kappa shape index (κ1) is 38.7. The molecule has 1 amide bonds. The van der Waals surface area contributed by atoms with Crippen molar-refractivity contribution in [2.75, 3.05) is 40.9 Å². The highest BCUT2D eigenvalue weighted by molar-refractivity contribution is 7.47. The largest absolute Gasteiger partial charge is 0.472 e. The number of rotatable bonds is 26. The maximum Gasteiger partial charge on any atom is 0.472 e. The standard InChI is InChI=1S/C31H59N2O6P/c1-6-8-10-12-13-14-15-16-17-18-19-21-23-25-31(35)32-29(30(34)24-22-20-11-9-7-2)28-39-40(36,37)38-27-26-33(3,4)5/h8,10,13-14,16-17,29-30,34H,6-7,9,11-12,15,18-28H2,1-5H3,(H-,32,35,36,37)/p+1/b10-8-,14-13-,17-16-. The molecule has 0 aliphatic heterocycles. The molecule has 0 aliphatic carbocycles. The average Bonchev–Trinajstić information content (AvgIpc) is 2.88. The number of aliphatic hydroxyl groups is 1. The van der Waals surface area contributed by atoms with Crippen LogP contribution in [0.4, 0.5) is 0 Å². The van der Waals surface area contributed by atoms with Crippen LogP contribution in [0, 0.1) is 0 Å². The minimum atomic E-state index is -4.29. The van der Waals surface area contributed by atoms with Crippen LogP contribution in [0.3, 0.4) is 0 Å². The van der Waals surface area contributed by atoms with Gasteiger partial charge in [-0.25, -0.2) is 4.57 Å². The van der Waals surface area contributed by atoms with Crippen LogP contribution in [0.25, 0.3) is 0 Å². The predicted octanol–water partition coefficient (Wildman–Crippen LogP) is 6.84. The van der Waals surface area contributed by atoms with Crippen LogP contribution >= 0.6 is 7.82 Å². The maximum absolute atomic E-state index is 12.6. The van der Waals surface area contributed by atoms with Gasteiger partial charge in [0.15, 0.2) is 0 Å². The maximum atomic E-state index is 12.6. The van der Waals surface area contributed by atoms with Crippen LogP contribution < -0.4 is 5.32 Å². The van der Waals surface area contributed by atoms with Crippen molar-refractivity contribution < 1.29 is 32.9 Å². The lowest BCUT2D eigenvalue weighted by Gasteiger charge is -2.26. The van der Waals surface area contributed by atoms with E-state index in [1.165, 1.54) is 0 Å². The number of carbonyl (C=O) groups is 1. The van der Waals surface area contributed by atoms with Crippen molar-refractivity contribution in [1.29, 1.82) is 0 Å². The summed E-state index contributed by atoms with van der Waals surface area (Å²) in [7, 11) is 1.58. The molecule has 9 heteroatoms. The SMILES string of the molecule is CC/C=C\C/C=C\C/C=C\CCCCCC(=O)NC(COP(=O)(O)OCC[N+](C)(C)C)C(O)CCCCCCC. The van der Waals surface area contributed by atoms with Gasteiger partial charge in [-0.2, -0.15) is 0 Å². The van der Waals surface area contributed by atoms with Gasteiger partial charge in [-0.3, -0.25) is 13.8 Å². The Morgan fingerprint density at radius 2 is 1.50 bits per heavy atom. The molecule has 0 aromatic carbocycles. The molecule has 0 aromatic heterocycles. The molecule has 0 spiro atoms. The van der Waals surface area contributed by atoms with Gasteiger partial charge in [-0.1, -0.05) is 88.8 Å². The quantitative estimate of drug-likeness (QED) is 0.0443. The Bertz CT molecular complexity index is 763. The molecule has 3 unspecified atom stereocenters. The van der Waals surface area contributed by atoms with E-state index in [2.05, 4.69) is 55.6 Å². The van der Waals surface area contributed by atoms with Crippen LogP contribution in [0.2, 0.25) is 0 Å². The Kier molecular flexibility index (Phi) is 23.6. The van der Waals surface area contributed by atoms with Crippen LogP contribution in [-0.2, 0) is 18.4 Å². The lowest BCUT2D eigenvalue weighted by atomic mass is 10.0. The van der Waals surface area contributed by atoms with Gasteiger partial charge >= 0.3 is 7.82 Å². The number of amides is 1. The first-order valence-corrected chi connectivity index (χ1v) is 16.8. The Morgan fingerprint density at radius 3 is 2.15 bits per heavy atom. The summed E-state index contributed by atoms with van der Waals surface area (Å²) in [6.45, 7) is 4.60. The molecule has 40 heavy (non-hydrogen) atoms. The van der Waals surface area contributed by atoms with Crippen molar-refractivity contribution in [1.82, 2.24) is 5.32 Å². The number of unbranched alkanes of at least 4 members (excludes halogenated alkanes) is 7. The number of allylic oxidation sites excluding steroid dienone is 6. The third kappa shape index (κ3) is 25.7. The predicted molar refractivity (Wildman–Crippen MR) is 166 cm³/mol. The van der Waals surface area contributed by atoms with E-state index in [0.717, 1.165) is 77.0 Å². The molecule has 0 saturated heterocycles. The number of quaternary nitrogens is 1. The van der Waals surface area contributed by atoms with Crippen molar-refractivity contribution >= 4 is 13.7 Å². The van der Waals surface area contributed by atoms with E-state index in [1.807, 2.05) is 21.1 Å². The van der Waals surface area contributed by atoms with Gasteiger partial charge in [-0.05, 0) is 44.9 Å².